The molecule has 1 unspecified atom stereocenters. The highest BCUT2D eigenvalue weighted by Gasteiger charge is 2.48. The van der Waals surface area contributed by atoms with Gasteiger partial charge >= 0.3 is 0 Å². The van der Waals surface area contributed by atoms with Crippen LogP contribution in [0.3, 0.4) is 0 Å². The van der Waals surface area contributed by atoms with Crippen molar-refractivity contribution in [3.8, 4) is 0 Å². The second-order valence-electron chi connectivity index (χ2n) is 11.2. The minimum absolute atomic E-state index is 0.0413. The molecule has 0 spiro atoms. The summed E-state index contributed by atoms with van der Waals surface area (Å²) < 4.78 is 0. The fourth-order valence-corrected chi connectivity index (χ4v) is 5.34. The molecule has 37 heavy (non-hydrogen) atoms. The zero-order valence-corrected chi connectivity index (χ0v) is 23.8. The minimum atomic E-state index is -1.17. The van der Waals surface area contributed by atoms with Crippen molar-refractivity contribution in [2.45, 2.75) is 79.8 Å². The van der Waals surface area contributed by atoms with Gasteiger partial charge in [-0.15, -0.1) is 0 Å². The highest BCUT2D eigenvalue weighted by molar-refractivity contribution is 5.96. The molecule has 0 saturated heterocycles. The Morgan fingerprint density at radius 3 is 2.27 bits per heavy atom. The van der Waals surface area contributed by atoms with Gasteiger partial charge < -0.3 is 21.1 Å². The summed E-state index contributed by atoms with van der Waals surface area (Å²) in [5.74, 6) is -0.472. The van der Waals surface area contributed by atoms with Crippen LogP contribution >= 0.6 is 0 Å². The van der Waals surface area contributed by atoms with E-state index in [1.165, 1.54) is 0 Å². The number of nitrogens with one attached hydrogen (secondary N) is 1. The maximum absolute atomic E-state index is 13.6. The van der Waals surface area contributed by atoms with E-state index in [1.54, 1.807) is 0 Å². The smallest absolute Gasteiger partial charge is 0.249 e. The number of aliphatic hydroxyl groups is 1. The van der Waals surface area contributed by atoms with E-state index in [4.69, 9.17) is 5.73 Å². The summed E-state index contributed by atoms with van der Waals surface area (Å²) in [5, 5.41) is 14.9. The molecule has 0 radical (unpaired) electrons. The third kappa shape index (κ3) is 8.54. The monoisotopic (exact) mass is 511 g/mol. The number of rotatable bonds is 15. The molecule has 0 aliphatic heterocycles. The van der Waals surface area contributed by atoms with Gasteiger partial charge in [0.25, 0.3) is 0 Å². The minimum Gasteiger partial charge on any atom is -0.391 e. The number of benzene rings is 1. The van der Waals surface area contributed by atoms with Crippen molar-refractivity contribution in [2.24, 2.45) is 23.0 Å². The lowest BCUT2D eigenvalue weighted by atomic mass is 9.63. The Balaban J connectivity index is 2.45. The Hall–Kier alpha value is -2.44. The first-order chi connectivity index (χ1) is 17.5. The van der Waals surface area contributed by atoms with Crippen molar-refractivity contribution >= 4 is 11.8 Å². The van der Waals surface area contributed by atoms with Crippen molar-refractivity contribution in [1.82, 2.24) is 10.2 Å². The maximum atomic E-state index is 13.6. The lowest BCUT2D eigenvalue weighted by Crippen LogP contribution is -2.52. The number of amides is 2. The molecular weight excluding hydrogens is 462 g/mol. The lowest BCUT2D eigenvalue weighted by molar-refractivity contribution is -0.132. The molecule has 1 aromatic carbocycles. The second kappa shape index (κ2) is 14.5. The molecule has 0 bridgehead atoms. The first kappa shape index (κ1) is 30.8. The van der Waals surface area contributed by atoms with Crippen molar-refractivity contribution in [1.29, 1.82) is 0 Å². The molecule has 4 N–H and O–H groups in total. The molecule has 3 atom stereocenters. The van der Waals surface area contributed by atoms with Crippen LogP contribution in [0.4, 0.5) is 0 Å². The molecule has 2 rings (SSSR count). The standard InChI is InChI=1S/C31H49N3O3/c1-7-15-34(16-8-2)29(36)26-17-24(6)19-31(20-26,30(32)37)27(18-25-11-9-23(5)10-12-25)28(35)21-33-14-13-22(3)4/h9-12,17,19,22,27-28,33,35H,7-8,13-16,18,20-21H2,1-6H3,(H2,32,37)/t27-,28+,31?/m1/s1. The van der Waals surface area contributed by atoms with Crippen LogP contribution in [-0.2, 0) is 16.0 Å². The summed E-state index contributed by atoms with van der Waals surface area (Å²) in [4.78, 5) is 28.8. The molecule has 6 nitrogen and oxygen atoms in total. The van der Waals surface area contributed by atoms with Gasteiger partial charge in [0, 0.05) is 31.1 Å². The van der Waals surface area contributed by atoms with E-state index in [0.717, 1.165) is 42.5 Å². The van der Waals surface area contributed by atoms with Crippen LogP contribution in [0.1, 0.15) is 71.4 Å². The molecular formula is C31H49N3O3. The number of aryl methyl sites for hydroxylation is 1. The highest BCUT2D eigenvalue weighted by Crippen LogP contribution is 2.44. The Kier molecular flexibility index (Phi) is 12.1. The van der Waals surface area contributed by atoms with Crippen LogP contribution in [0.15, 0.2) is 47.6 Å². The number of nitrogens with zero attached hydrogens (tertiary/aromatic N) is 1. The maximum Gasteiger partial charge on any atom is 0.249 e. The van der Waals surface area contributed by atoms with E-state index in [-0.39, 0.29) is 12.3 Å². The van der Waals surface area contributed by atoms with E-state index in [0.29, 0.717) is 37.5 Å². The molecule has 6 heteroatoms. The lowest BCUT2D eigenvalue weighted by Gasteiger charge is -2.42. The van der Waals surface area contributed by atoms with E-state index in [9.17, 15) is 14.7 Å². The van der Waals surface area contributed by atoms with Gasteiger partial charge in [0.2, 0.25) is 11.8 Å². The molecule has 0 saturated carbocycles. The van der Waals surface area contributed by atoms with Crippen molar-refractivity contribution < 1.29 is 14.7 Å². The van der Waals surface area contributed by atoms with Gasteiger partial charge in [-0.05, 0) is 64.0 Å². The molecule has 206 valence electrons. The van der Waals surface area contributed by atoms with Gasteiger partial charge in [-0.25, -0.2) is 0 Å². The Bertz CT molecular complexity index is 945. The normalized spacial score (nSPS) is 19.2. The number of carbonyl (C=O) groups is 2. The number of hydrogen-bond acceptors (Lipinski definition) is 4. The number of hydrogen-bond donors (Lipinski definition) is 3. The van der Waals surface area contributed by atoms with E-state index in [2.05, 4.69) is 33.0 Å². The van der Waals surface area contributed by atoms with Crippen LogP contribution in [-0.4, -0.2) is 54.1 Å². The zero-order chi connectivity index (χ0) is 27.6. The van der Waals surface area contributed by atoms with Crippen molar-refractivity contribution in [2.75, 3.05) is 26.2 Å². The Morgan fingerprint density at radius 2 is 1.73 bits per heavy atom. The number of carbonyl (C=O) groups excluding carboxylic acids is 2. The predicted octanol–water partition coefficient (Wildman–Crippen LogP) is 4.55. The molecule has 1 aromatic rings. The number of aliphatic hydroxyl groups excluding tert-OH is 1. The van der Waals surface area contributed by atoms with E-state index >= 15 is 0 Å². The quantitative estimate of drug-likeness (QED) is 0.301. The Morgan fingerprint density at radius 1 is 1.11 bits per heavy atom. The van der Waals surface area contributed by atoms with Gasteiger partial charge in [-0.3, -0.25) is 9.59 Å². The summed E-state index contributed by atoms with van der Waals surface area (Å²) in [7, 11) is 0. The van der Waals surface area contributed by atoms with Gasteiger partial charge in [0.15, 0.2) is 0 Å². The average molecular weight is 512 g/mol. The SMILES string of the molecule is CCCN(CCC)C(=O)C1=CC(C)=CC(C(N)=O)([C@H](Cc2ccc(C)cc2)[C@@H](O)CNCCC(C)C)C1. The molecule has 1 aliphatic carbocycles. The van der Waals surface area contributed by atoms with Crippen molar-refractivity contribution in [3.63, 3.8) is 0 Å². The summed E-state index contributed by atoms with van der Waals surface area (Å²) in [6, 6.07) is 8.17. The largest absolute Gasteiger partial charge is 0.391 e. The first-order valence-electron chi connectivity index (χ1n) is 14.0. The topological polar surface area (TPSA) is 95.7 Å². The fraction of sp³-hybridized carbons (Fsp3) is 0.613. The molecule has 0 fully saturated rings. The highest BCUT2D eigenvalue weighted by atomic mass is 16.3. The summed E-state index contributed by atoms with van der Waals surface area (Å²) in [5.41, 5.74) is 8.60. The predicted molar refractivity (Wildman–Crippen MR) is 152 cm³/mol. The first-order valence-corrected chi connectivity index (χ1v) is 14.0. The Labute approximate surface area is 224 Å². The van der Waals surface area contributed by atoms with Gasteiger partial charge in [-0.2, -0.15) is 0 Å². The van der Waals surface area contributed by atoms with Crippen molar-refractivity contribution in [3.05, 3.63) is 58.7 Å². The molecule has 0 aromatic heterocycles. The van der Waals surface area contributed by atoms with Crippen LogP contribution in [0.2, 0.25) is 0 Å². The second-order valence-corrected chi connectivity index (χ2v) is 11.2. The molecule has 1 aliphatic rings. The van der Waals surface area contributed by atoms with Gasteiger partial charge in [0.05, 0.1) is 11.5 Å². The average Bonchev–Trinajstić information content (AvgIpc) is 2.84. The number of allylic oxidation sites excluding steroid dienone is 2. The van der Waals surface area contributed by atoms with E-state index < -0.39 is 23.3 Å². The molecule has 0 heterocycles. The van der Waals surface area contributed by atoms with Crippen LogP contribution in [0.25, 0.3) is 0 Å². The third-order valence-corrected chi connectivity index (χ3v) is 7.33. The van der Waals surface area contributed by atoms with Crippen LogP contribution < -0.4 is 11.1 Å². The van der Waals surface area contributed by atoms with Crippen LogP contribution in [0.5, 0.6) is 0 Å². The summed E-state index contributed by atoms with van der Waals surface area (Å²) in [6.07, 6.45) is 6.38. The summed E-state index contributed by atoms with van der Waals surface area (Å²) >= 11 is 0. The third-order valence-electron chi connectivity index (χ3n) is 7.33. The summed E-state index contributed by atoms with van der Waals surface area (Å²) in [6.45, 7) is 14.9. The zero-order valence-electron chi connectivity index (χ0n) is 23.8. The van der Waals surface area contributed by atoms with Gasteiger partial charge in [0.1, 0.15) is 0 Å². The molecule has 2 amide bonds. The fourth-order valence-electron chi connectivity index (χ4n) is 5.34. The number of primary amides is 1. The van der Waals surface area contributed by atoms with E-state index in [1.807, 2.05) is 55.2 Å². The van der Waals surface area contributed by atoms with Gasteiger partial charge in [-0.1, -0.05) is 75.2 Å². The van der Waals surface area contributed by atoms with Crippen LogP contribution in [0, 0.1) is 24.2 Å². The number of nitrogens with two attached hydrogens (primary N) is 1.